The first-order valence-electron chi connectivity index (χ1n) is 5.72. The molecule has 15 heavy (non-hydrogen) atoms. The van der Waals surface area contributed by atoms with Crippen molar-refractivity contribution >= 4 is 5.69 Å². The molecule has 0 spiro atoms. The van der Waals surface area contributed by atoms with Crippen LogP contribution in [0.1, 0.15) is 12.0 Å². The Labute approximate surface area is 92.3 Å². The minimum absolute atomic E-state index is 0.910. The van der Waals surface area contributed by atoms with Crippen molar-refractivity contribution in [1.29, 1.82) is 0 Å². The summed E-state index contributed by atoms with van der Waals surface area (Å²) in [5.74, 6) is 0.910. The highest BCUT2D eigenvalue weighted by Gasteiger charge is 2.15. The van der Waals surface area contributed by atoms with Gasteiger partial charge < -0.3 is 10.2 Å². The predicted octanol–water partition coefficient (Wildman–Crippen LogP) is 1.90. The highest BCUT2D eigenvalue weighted by molar-refractivity contribution is 5.47. The third kappa shape index (κ3) is 2.72. The van der Waals surface area contributed by atoms with Crippen LogP contribution in [0, 0.1) is 5.92 Å². The molecule has 0 aromatic heterocycles. The molecule has 82 valence electrons. The van der Waals surface area contributed by atoms with Gasteiger partial charge in [0.2, 0.25) is 0 Å². The molecule has 1 fully saturated rings. The monoisotopic (exact) mass is 204 g/mol. The van der Waals surface area contributed by atoms with Crippen LogP contribution in [0.2, 0.25) is 0 Å². The summed E-state index contributed by atoms with van der Waals surface area (Å²) in [6.45, 7) is 2.43. The lowest BCUT2D eigenvalue weighted by molar-refractivity contribution is 0.328. The second kappa shape index (κ2) is 4.67. The Bertz CT molecular complexity index is 316. The fourth-order valence-corrected chi connectivity index (χ4v) is 1.91. The molecule has 0 amide bonds. The molecule has 0 atom stereocenters. The highest BCUT2D eigenvalue weighted by atomic mass is 15.1. The molecular formula is C13H20N2. The standard InChI is InChI=1S/C13H20N2/c1-15(2)13-5-3-4-11(8-13)6-7-12-9-14-10-12/h3-5,8,12,14H,6-7,9-10H2,1-2H3. The molecule has 0 saturated carbocycles. The SMILES string of the molecule is CN(C)c1cccc(CCC2CNC2)c1. The van der Waals surface area contributed by atoms with Crippen LogP contribution in [0.4, 0.5) is 5.69 Å². The Morgan fingerprint density at radius 2 is 2.13 bits per heavy atom. The van der Waals surface area contributed by atoms with E-state index in [1.807, 2.05) is 0 Å². The van der Waals surface area contributed by atoms with Crippen LogP contribution >= 0.6 is 0 Å². The topological polar surface area (TPSA) is 15.3 Å². The Balaban J connectivity index is 1.92. The summed E-state index contributed by atoms with van der Waals surface area (Å²) in [5, 5.41) is 3.32. The molecule has 2 heteroatoms. The number of hydrogen-bond donors (Lipinski definition) is 1. The number of rotatable bonds is 4. The van der Waals surface area contributed by atoms with Crippen molar-refractivity contribution in [2.45, 2.75) is 12.8 Å². The Kier molecular flexibility index (Phi) is 3.27. The predicted molar refractivity (Wildman–Crippen MR) is 65.4 cm³/mol. The normalized spacial score (nSPS) is 16.1. The maximum absolute atomic E-state index is 3.32. The van der Waals surface area contributed by atoms with E-state index in [0.717, 1.165) is 5.92 Å². The summed E-state index contributed by atoms with van der Waals surface area (Å²) in [7, 11) is 4.18. The van der Waals surface area contributed by atoms with Gasteiger partial charge in [-0.2, -0.15) is 0 Å². The van der Waals surface area contributed by atoms with Gasteiger partial charge in [-0.25, -0.2) is 0 Å². The highest BCUT2D eigenvalue weighted by Crippen LogP contribution is 2.17. The van der Waals surface area contributed by atoms with Crippen LogP contribution in [0.15, 0.2) is 24.3 Å². The lowest BCUT2D eigenvalue weighted by Crippen LogP contribution is -2.42. The zero-order chi connectivity index (χ0) is 10.7. The van der Waals surface area contributed by atoms with Crippen molar-refractivity contribution in [3.05, 3.63) is 29.8 Å². The van der Waals surface area contributed by atoms with Crippen LogP contribution in [-0.4, -0.2) is 27.2 Å². The minimum atomic E-state index is 0.910. The summed E-state index contributed by atoms with van der Waals surface area (Å²) in [4.78, 5) is 2.16. The summed E-state index contributed by atoms with van der Waals surface area (Å²) >= 11 is 0. The smallest absolute Gasteiger partial charge is 0.0363 e. The molecule has 2 nitrogen and oxygen atoms in total. The lowest BCUT2D eigenvalue weighted by atomic mass is 9.95. The molecule has 1 aromatic rings. The van der Waals surface area contributed by atoms with Gasteiger partial charge in [0, 0.05) is 19.8 Å². The van der Waals surface area contributed by atoms with Crippen molar-refractivity contribution in [2.24, 2.45) is 5.92 Å². The molecule has 0 unspecified atom stereocenters. The van der Waals surface area contributed by atoms with Gasteiger partial charge >= 0.3 is 0 Å². The van der Waals surface area contributed by atoms with Crippen LogP contribution < -0.4 is 10.2 Å². The fraction of sp³-hybridized carbons (Fsp3) is 0.538. The van der Waals surface area contributed by atoms with E-state index in [9.17, 15) is 0 Å². The summed E-state index contributed by atoms with van der Waals surface area (Å²) in [5.41, 5.74) is 2.77. The average molecular weight is 204 g/mol. The molecule has 1 heterocycles. The number of anilines is 1. The molecule has 1 saturated heterocycles. The number of nitrogens with one attached hydrogen (secondary N) is 1. The van der Waals surface area contributed by atoms with E-state index < -0.39 is 0 Å². The first kappa shape index (κ1) is 10.5. The molecule has 0 radical (unpaired) electrons. The molecular weight excluding hydrogens is 184 g/mol. The molecule has 1 N–H and O–H groups in total. The van der Waals surface area contributed by atoms with Crippen molar-refractivity contribution in [1.82, 2.24) is 5.32 Å². The summed E-state index contributed by atoms with van der Waals surface area (Å²) < 4.78 is 0. The minimum Gasteiger partial charge on any atom is -0.378 e. The van der Waals surface area contributed by atoms with E-state index in [0.29, 0.717) is 0 Å². The second-order valence-corrected chi connectivity index (χ2v) is 4.63. The van der Waals surface area contributed by atoms with Crippen molar-refractivity contribution in [2.75, 3.05) is 32.1 Å². The Hall–Kier alpha value is -1.02. The van der Waals surface area contributed by atoms with Crippen LogP contribution in [0.25, 0.3) is 0 Å². The number of nitrogens with zero attached hydrogens (tertiary/aromatic N) is 1. The van der Waals surface area contributed by atoms with Gasteiger partial charge in [-0.3, -0.25) is 0 Å². The largest absolute Gasteiger partial charge is 0.378 e. The Morgan fingerprint density at radius 1 is 1.33 bits per heavy atom. The lowest BCUT2D eigenvalue weighted by Gasteiger charge is -2.27. The van der Waals surface area contributed by atoms with Crippen LogP contribution in [-0.2, 0) is 6.42 Å². The maximum Gasteiger partial charge on any atom is 0.0363 e. The van der Waals surface area contributed by atoms with Crippen molar-refractivity contribution in [3.63, 3.8) is 0 Å². The van der Waals surface area contributed by atoms with Crippen molar-refractivity contribution in [3.8, 4) is 0 Å². The molecule has 1 aliphatic heterocycles. The summed E-state index contributed by atoms with van der Waals surface area (Å²) in [6.07, 6.45) is 2.54. The number of aryl methyl sites for hydroxylation is 1. The van der Waals surface area contributed by atoms with Crippen LogP contribution in [0.5, 0.6) is 0 Å². The average Bonchev–Trinajstić information content (AvgIpc) is 2.16. The van der Waals surface area contributed by atoms with E-state index >= 15 is 0 Å². The van der Waals surface area contributed by atoms with Gasteiger partial charge in [0.05, 0.1) is 0 Å². The van der Waals surface area contributed by atoms with Gasteiger partial charge in [-0.1, -0.05) is 12.1 Å². The van der Waals surface area contributed by atoms with Crippen LogP contribution in [0.3, 0.4) is 0 Å². The molecule has 2 rings (SSSR count). The first-order valence-corrected chi connectivity index (χ1v) is 5.72. The van der Waals surface area contributed by atoms with E-state index in [1.54, 1.807) is 0 Å². The maximum atomic E-state index is 3.32. The molecule has 1 aromatic carbocycles. The van der Waals surface area contributed by atoms with E-state index in [1.165, 1.54) is 37.2 Å². The van der Waals surface area contributed by atoms with Gasteiger partial charge in [-0.05, 0) is 49.5 Å². The van der Waals surface area contributed by atoms with Crippen molar-refractivity contribution < 1.29 is 0 Å². The molecule has 1 aliphatic rings. The second-order valence-electron chi connectivity index (χ2n) is 4.63. The van der Waals surface area contributed by atoms with E-state index in [-0.39, 0.29) is 0 Å². The van der Waals surface area contributed by atoms with Gasteiger partial charge in [0.15, 0.2) is 0 Å². The van der Waals surface area contributed by atoms with E-state index in [2.05, 4.69) is 48.6 Å². The Morgan fingerprint density at radius 3 is 2.73 bits per heavy atom. The van der Waals surface area contributed by atoms with Gasteiger partial charge in [-0.15, -0.1) is 0 Å². The number of hydrogen-bond acceptors (Lipinski definition) is 2. The van der Waals surface area contributed by atoms with Gasteiger partial charge in [0.1, 0.15) is 0 Å². The zero-order valence-corrected chi connectivity index (χ0v) is 9.66. The zero-order valence-electron chi connectivity index (χ0n) is 9.66. The van der Waals surface area contributed by atoms with Gasteiger partial charge in [0.25, 0.3) is 0 Å². The third-order valence-corrected chi connectivity index (χ3v) is 3.13. The molecule has 0 bridgehead atoms. The quantitative estimate of drug-likeness (QED) is 0.806. The first-order chi connectivity index (χ1) is 7.25. The molecule has 0 aliphatic carbocycles. The third-order valence-electron chi connectivity index (χ3n) is 3.13. The van der Waals surface area contributed by atoms with E-state index in [4.69, 9.17) is 0 Å². The fourth-order valence-electron chi connectivity index (χ4n) is 1.91. The summed E-state index contributed by atoms with van der Waals surface area (Å²) in [6, 6.07) is 8.85. The number of benzene rings is 1.